The van der Waals surface area contributed by atoms with Gasteiger partial charge in [-0.2, -0.15) is 0 Å². The van der Waals surface area contributed by atoms with Crippen LogP contribution in [0.15, 0.2) is 40.9 Å². The van der Waals surface area contributed by atoms with Crippen LogP contribution >= 0.6 is 28.1 Å². The Morgan fingerprint density at radius 3 is 2.71 bits per heavy atom. The molecule has 0 aliphatic heterocycles. The van der Waals surface area contributed by atoms with Crippen LogP contribution in [0.1, 0.15) is 18.5 Å². The Hall–Kier alpha value is -1.53. The molecule has 0 fully saturated rings. The van der Waals surface area contributed by atoms with Gasteiger partial charge in [-0.05, 0) is 58.8 Å². The molecule has 0 bridgehead atoms. The molecule has 1 atom stereocenters. The summed E-state index contributed by atoms with van der Waals surface area (Å²) in [7, 11) is 0. The highest BCUT2D eigenvalue weighted by Crippen LogP contribution is 2.28. The molecule has 3 rings (SSSR count). The fourth-order valence-electron chi connectivity index (χ4n) is 2.42. The van der Waals surface area contributed by atoms with Crippen molar-refractivity contribution in [2.24, 2.45) is 0 Å². The zero-order valence-electron chi connectivity index (χ0n) is 11.0. The average molecular weight is 369 g/mol. The van der Waals surface area contributed by atoms with Crippen molar-refractivity contribution >= 4 is 39.2 Å². The molecule has 1 heterocycles. The summed E-state index contributed by atoms with van der Waals surface area (Å²) >= 11 is 8.50. The fourth-order valence-corrected chi connectivity index (χ4v) is 3.12. The summed E-state index contributed by atoms with van der Waals surface area (Å²) in [6.45, 7) is 1.93. The van der Waals surface area contributed by atoms with E-state index < -0.39 is 0 Å². The van der Waals surface area contributed by atoms with E-state index in [2.05, 4.69) is 20.9 Å². The second-order valence-electron chi connectivity index (χ2n) is 4.81. The van der Waals surface area contributed by atoms with Crippen molar-refractivity contribution < 1.29 is 8.78 Å². The van der Waals surface area contributed by atoms with E-state index in [4.69, 9.17) is 12.2 Å². The van der Waals surface area contributed by atoms with Gasteiger partial charge in [-0.3, -0.25) is 0 Å². The van der Waals surface area contributed by atoms with Gasteiger partial charge in [0.1, 0.15) is 11.6 Å². The van der Waals surface area contributed by atoms with Gasteiger partial charge in [0.25, 0.3) is 0 Å². The van der Waals surface area contributed by atoms with E-state index in [0.29, 0.717) is 14.8 Å². The number of hydrogen-bond acceptors (Lipinski definition) is 1. The fraction of sp³-hybridized carbons (Fsp3) is 0.133. The Morgan fingerprint density at radius 2 is 2.00 bits per heavy atom. The predicted octanol–water partition coefficient (Wildman–Crippen LogP) is 5.35. The third-order valence-electron chi connectivity index (χ3n) is 3.48. The minimum Gasteiger partial charge on any atom is -0.330 e. The maximum Gasteiger partial charge on any atom is 0.178 e. The SMILES string of the molecule is CC(c1cccc(F)c1)n1c(=S)[nH]c2cc(F)c(Br)cc21. The van der Waals surface area contributed by atoms with Gasteiger partial charge in [0.05, 0.1) is 21.5 Å². The summed E-state index contributed by atoms with van der Waals surface area (Å²) in [4.78, 5) is 2.98. The first-order valence-electron chi connectivity index (χ1n) is 6.32. The van der Waals surface area contributed by atoms with Gasteiger partial charge in [0.2, 0.25) is 0 Å². The van der Waals surface area contributed by atoms with Gasteiger partial charge in [-0.1, -0.05) is 12.1 Å². The molecule has 1 aromatic heterocycles. The maximum atomic E-state index is 13.6. The van der Waals surface area contributed by atoms with E-state index in [1.807, 2.05) is 17.6 Å². The average Bonchev–Trinajstić information content (AvgIpc) is 2.74. The van der Waals surface area contributed by atoms with E-state index in [9.17, 15) is 8.78 Å². The van der Waals surface area contributed by atoms with Gasteiger partial charge in [-0.25, -0.2) is 8.78 Å². The normalized spacial score (nSPS) is 12.8. The Labute approximate surface area is 133 Å². The lowest BCUT2D eigenvalue weighted by Gasteiger charge is -2.15. The molecule has 6 heteroatoms. The van der Waals surface area contributed by atoms with E-state index in [1.165, 1.54) is 18.2 Å². The van der Waals surface area contributed by atoms with E-state index in [-0.39, 0.29) is 17.7 Å². The lowest BCUT2D eigenvalue weighted by Crippen LogP contribution is -2.07. The van der Waals surface area contributed by atoms with Gasteiger partial charge in [0, 0.05) is 6.07 Å². The number of nitrogens with one attached hydrogen (secondary N) is 1. The quantitative estimate of drug-likeness (QED) is 0.604. The monoisotopic (exact) mass is 368 g/mol. The Morgan fingerprint density at radius 1 is 1.24 bits per heavy atom. The van der Waals surface area contributed by atoms with Gasteiger partial charge < -0.3 is 9.55 Å². The first kappa shape index (κ1) is 14.4. The summed E-state index contributed by atoms with van der Waals surface area (Å²) in [5.41, 5.74) is 2.18. The highest BCUT2D eigenvalue weighted by molar-refractivity contribution is 9.10. The Bertz CT molecular complexity index is 885. The molecule has 3 aromatic rings. The van der Waals surface area contributed by atoms with Crippen molar-refractivity contribution in [3.63, 3.8) is 0 Å². The topological polar surface area (TPSA) is 20.7 Å². The lowest BCUT2D eigenvalue weighted by atomic mass is 10.1. The smallest absolute Gasteiger partial charge is 0.178 e. The van der Waals surface area contributed by atoms with E-state index in [1.54, 1.807) is 12.1 Å². The number of aromatic nitrogens is 2. The number of benzene rings is 2. The molecule has 0 aliphatic rings. The number of aromatic amines is 1. The van der Waals surface area contributed by atoms with Crippen molar-refractivity contribution in [3.05, 3.63) is 62.8 Å². The first-order chi connectivity index (χ1) is 9.97. The summed E-state index contributed by atoms with van der Waals surface area (Å²) in [5, 5.41) is 0. The number of imidazole rings is 1. The number of rotatable bonds is 2. The molecule has 0 amide bonds. The third-order valence-corrected chi connectivity index (χ3v) is 4.38. The predicted molar refractivity (Wildman–Crippen MR) is 85.0 cm³/mol. The van der Waals surface area contributed by atoms with Crippen LogP contribution in [0, 0.1) is 16.4 Å². The molecule has 1 unspecified atom stereocenters. The molecular weight excluding hydrogens is 358 g/mol. The van der Waals surface area contributed by atoms with Gasteiger partial charge in [-0.15, -0.1) is 0 Å². The number of fused-ring (bicyclic) bond motifs is 1. The molecule has 0 radical (unpaired) electrons. The molecule has 21 heavy (non-hydrogen) atoms. The highest BCUT2D eigenvalue weighted by Gasteiger charge is 2.15. The van der Waals surface area contributed by atoms with Crippen LogP contribution in [0.2, 0.25) is 0 Å². The van der Waals surface area contributed by atoms with Gasteiger partial charge in [0.15, 0.2) is 4.77 Å². The van der Waals surface area contributed by atoms with Crippen molar-refractivity contribution in [2.75, 3.05) is 0 Å². The molecule has 0 saturated carbocycles. The Balaban J connectivity index is 2.22. The molecular formula is C15H11BrF2N2S. The minimum absolute atomic E-state index is 0.167. The van der Waals surface area contributed by atoms with Crippen molar-refractivity contribution in [3.8, 4) is 0 Å². The number of nitrogens with zero attached hydrogens (tertiary/aromatic N) is 1. The minimum atomic E-state index is -0.357. The second-order valence-corrected chi connectivity index (χ2v) is 6.06. The maximum absolute atomic E-state index is 13.6. The number of H-pyrrole nitrogens is 1. The van der Waals surface area contributed by atoms with E-state index >= 15 is 0 Å². The van der Waals surface area contributed by atoms with Crippen molar-refractivity contribution in [1.29, 1.82) is 0 Å². The van der Waals surface area contributed by atoms with Crippen LogP contribution in [0.3, 0.4) is 0 Å². The van der Waals surface area contributed by atoms with E-state index in [0.717, 1.165) is 11.1 Å². The molecule has 0 aliphatic carbocycles. The standard InChI is InChI=1S/C15H11BrF2N2S/c1-8(9-3-2-4-10(17)5-9)20-14-6-11(16)12(18)7-13(14)19-15(20)21/h2-8H,1H3,(H,19,21). The first-order valence-corrected chi connectivity index (χ1v) is 7.52. The molecule has 0 saturated heterocycles. The second kappa shape index (κ2) is 5.35. The van der Waals surface area contributed by atoms with Crippen LogP contribution in [0.25, 0.3) is 11.0 Å². The largest absolute Gasteiger partial charge is 0.330 e. The zero-order valence-corrected chi connectivity index (χ0v) is 13.4. The summed E-state index contributed by atoms with van der Waals surface area (Å²) < 4.78 is 29.7. The van der Waals surface area contributed by atoms with Crippen LogP contribution in [-0.4, -0.2) is 9.55 Å². The summed E-state index contributed by atoms with van der Waals surface area (Å²) in [6, 6.07) is 9.28. The Kier molecular flexibility index (Phi) is 3.67. The van der Waals surface area contributed by atoms with Crippen LogP contribution in [0.5, 0.6) is 0 Å². The number of hydrogen-bond donors (Lipinski definition) is 1. The molecule has 2 aromatic carbocycles. The highest BCUT2D eigenvalue weighted by atomic mass is 79.9. The zero-order chi connectivity index (χ0) is 15.1. The number of halogens is 3. The molecule has 2 nitrogen and oxygen atoms in total. The molecule has 0 spiro atoms. The summed E-state index contributed by atoms with van der Waals surface area (Å²) in [5.74, 6) is -0.651. The van der Waals surface area contributed by atoms with Crippen LogP contribution in [-0.2, 0) is 0 Å². The van der Waals surface area contributed by atoms with Crippen LogP contribution < -0.4 is 0 Å². The van der Waals surface area contributed by atoms with Gasteiger partial charge >= 0.3 is 0 Å². The molecule has 1 N–H and O–H groups in total. The van der Waals surface area contributed by atoms with Crippen LogP contribution in [0.4, 0.5) is 8.78 Å². The van der Waals surface area contributed by atoms with Crippen molar-refractivity contribution in [1.82, 2.24) is 9.55 Å². The van der Waals surface area contributed by atoms with Crippen molar-refractivity contribution in [2.45, 2.75) is 13.0 Å². The third kappa shape index (κ3) is 2.53. The molecule has 108 valence electrons. The lowest BCUT2D eigenvalue weighted by molar-refractivity contribution is 0.607. The summed E-state index contributed by atoms with van der Waals surface area (Å²) in [6.07, 6.45) is 0.